The summed E-state index contributed by atoms with van der Waals surface area (Å²) in [6, 6.07) is 0. The van der Waals surface area contributed by atoms with Crippen LogP contribution in [0, 0.1) is 0 Å². The van der Waals surface area contributed by atoms with Crippen molar-refractivity contribution in [2.45, 2.75) is 38.0 Å². The minimum atomic E-state index is 0.622. The van der Waals surface area contributed by atoms with Gasteiger partial charge >= 0.3 is 0 Å². The number of thiazole rings is 1. The summed E-state index contributed by atoms with van der Waals surface area (Å²) in [5.74, 6) is 0.622. The number of rotatable bonds is 1. The van der Waals surface area contributed by atoms with Gasteiger partial charge in [0.2, 0.25) is 0 Å². The fraction of sp³-hybridized carbons (Fsp3) is 0.667. The molecule has 2 rings (SSSR count). The standard InChI is InChI=1S/C9H13BrN2S/c10-9-12-7(8(11)13-9)6-4-2-1-3-5-6/h6H,1-5,11H2. The van der Waals surface area contributed by atoms with E-state index in [4.69, 9.17) is 5.73 Å². The average molecular weight is 261 g/mol. The molecule has 1 aliphatic carbocycles. The van der Waals surface area contributed by atoms with Crippen LogP contribution in [0.1, 0.15) is 43.7 Å². The van der Waals surface area contributed by atoms with E-state index in [9.17, 15) is 0 Å². The first kappa shape index (κ1) is 9.46. The van der Waals surface area contributed by atoms with Crippen LogP contribution in [0.3, 0.4) is 0 Å². The number of nitrogen functional groups attached to an aromatic ring is 1. The van der Waals surface area contributed by atoms with Gasteiger partial charge in [-0.3, -0.25) is 0 Å². The van der Waals surface area contributed by atoms with E-state index in [1.165, 1.54) is 32.1 Å². The van der Waals surface area contributed by atoms with Crippen molar-refractivity contribution in [3.63, 3.8) is 0 Å². The molecule has 0 amide bonds. The predicted octanol–water partition coefficient (Wildman–Crippen LogP) is 3.54. The first-order valence-electron chi connectivity index (χ1n) is 4.69. The number of aromatic nitrogens is 1. The third kappa shape index (κ3) is 2.05. The highest BCUT2D eigenvalue weighted by Gasteiger charge is 2.20. The van der Waals surface area contributed by atoms with E-state index in [1.54, 1.807) is 11.3 Å². The van der Waals surface area contributed by atoms with Gasteiger partial charge < -0.3 is 5.73 Å². The summed E-state index contributed by atoms with van der Waals surface area (Å²) in [5, 5.41) is 0.902. The van der Waals surface area contributed by atoms with Crippen LogP contribution in [0.5, 0.6) is 0 Å². The largest absolute Gasteiger partial charge is 0.389 e. The van der Waals surface area contributed by atoms with E-state index < -0.39 is 0 Å². The second kappa shape index (κ2) is 3.96. The lowest BCUT2D eigenvalue weighted by Gasteiger charge is -2.19. The van der Waals surface area contributed by atoms with Gasteiger partial charge in [-0.15, -0.1) is 0 Å². The molecular weight excluding hydrogens is 248 g/mol. The van der Waals surface area contributed by atoms with Gasteiger partial charge in [0.15, 0.2) is 3.92 Å². The SMILES string of the molecule is Nc1sc(Br)nc1C1CCCCC1. The van der Waals surface area contributed by atoms with Gasteiger partial charge in [0.25, 0.3) is 0 Å². The Balaban J connectivity index is 2.18. The molecule has 4 heteroatoms. The lowest BCUT2D eigenvalue weighted by molar-refractivity contribution is 0.438. The minimum absolute atomic E-state index is 0.622. The van der Waals surface area contributed by atoms with Gasteiger partial charge in [-0.1, -0.05) is 30.6 Å². The van der Waals surface area contributed by atoms with Crippen LogP contribution in [0.2, 0.25) is 0 Å². The Kier molecular flexibility index (Phi) is 2.89. The molecule has 1 aliphatic rings. The van der Waals surface area contributed by atoms with E-state index in [0.717, 1.165) is 14.6 Å². The maximum Gasteiger partial charge on any atom is 0.161 e. The van der Waals surface area contributed by atoms with Gasteiger partial charge in [-0.25, -0.2) is 4.98 Å². The fourth-order valence-corrected chi connectivity index (χ4v) is 3.34. The average Bonchev–Trinajstić information content (AvgIpc) is 2.47. The molecule has 72 valence electrons. The Hall–Kier alpha value is -0.0900. The molecule has 0 aliphatic heterocycles. The monoisotopic (exact) mass is 260 g/mol. The van der Waals surface area contributed by atoms with Crippen molar-refractivity contribution in [3.8, 4) is 0 Å². The number of anilines is 1. The number of nitrogens with zero attached hydrogens (tertiary/aromatic N) is 1. The normalized spacial score (nSPS) is 19.2. The van der Waals surface area contributed by atoms with E-state index in [0.29, 0.717) is 5.92 Å². The molecule has 1 heterocycles. The molecule has 13 heavy (non-hydrogen) atoms. The van der Waals surface area contributed by atoms with E-state index in [1.807, 2.05) is 0 Å². The zero-order chi connectivity index (χ0) is 9.26. The zero-order valence-corrected chi connectivity index (χ0v) is 9.83. The maximum absolute atomic E-state index is 5.90. The Labute approximate surface area is 90.7 Å². The fourth-order valence-electron chi connectivity index (χ4n) is 1.98. The van der Waals surface area contributed by atoms with Crippen molar-refractivity contribution in [2.75, 3.05) is 5.73 Å². The molecule has 0 saturated heterocycles. The molecule has 0 radical (unpaired) electrons. The molecule has 0 unspecified atom stereocenters. The summed E-state index contributed by atoms with van der Waals surface area (Å²) >= 11 is 4.92. The quantitative estimate of drug-likeness (QED) is 0.839. The molecular formula is C9H13BrN2S. The zero-order valence-electron chi connectivity index (χ0n) is 7.42. The summed E-state index contributed by atoms with van der Waals surface area (Å²) in [6.45, 7) is 0. The van der Waals surface area contributed by atoms with E-state index in [2.05, 4.69) is 20.9 Å². The van der Waals surface area contributed by atoms with Crippen LogP contribution in [-0.4, -0.2) is 4.98 Å². The summed E-state index contributed by atoms with van der Waals surface area (Å²) in [5.41, 5.74) is 7.03. The number of hydrogen-bond acceptors (Lipinski definition) is 3. The second-order valence-electron chi connectivity index (χ2n) is 3.55. The van der Waals surface area contributed by atoms with Gasteiger partial charge in [0.05, 0.1) is 5.69 Å². The maximum atomic E-state index is 5.90. The van der Waals surface area contributed by atoms with Crippen molar-refractivity contribution < 1.29 is 0 Å². The minimum Gasteiger partial charge on any atom is -0.389 e. The van der Waals surface area contributed by atoms with Crippen molar-refractivity contribution in [1.82, 2.24) is 4.98 Å². The lowest BCUT2D eigenvalue weighted by atomic mass is 9.87. The molecule has 1 fully saturated rings. The summed E-state index contributed by atoms with van der Waals surface area (Å²) < 4.78 is 0.922. The van der Waals surface area contributed by atoms with Gasteiger partial charge in [0.1, 0.15) is 5.00 Å². The van der Waals surface area contributed by atoms with Crippen LogP contribution in [0.4, 0.5) is 5.00 Å². The van der Waals surface area contributed by atoms with E-state index in [-0.39, 0.29) is 0 Å². The number of nitrogens with two attached hydrogens (primary N) is 1. The van der Waals surface area contributed by atoms with Crippen molar-refractivity contribution in [1.29, 1.82) is 0 Å². The van der Waals surface area contributed by atoms with E-state index >= 15 is 0 Å². The number of hydrogen-bond donors (Lipinski definition) is 1. The third-order valence-electron chi connectivity index (χ3n) is 2.65. The van der Waals surface area contributed by atoms with Gasteiger partial charge in [0, 0.05) is 5.92 Å². The number of halogens is 1. The van der Waals surface area contributed by atoms with Crippen LogP contribution in [0.15, 0.2) is 3.92 Å². The Morgan fingerprint density at radius 3 is 2.54 bits per heavy atom. The van der Waals surface area contributed by atoms with Crippen molar-refractivity contribution in [2.24, 2.45) is 0 Å². The van der Waals surface area contributed by atoms with Gasteiger partial charge in [-0.2, -0.15) is 0 Å². The molecule has 1 aromatic heterocycles. The molecule has 0 atom stereocenters. The lowest BCUT2D eigenvalue weighted by Crippen LogP contribution is -2.06. The van der Waals surface area contributed by atoms with Crippen LogP contribution < -0.4 is 5.73 Å². The third-order valence-corrected chi connectivity index (χ3v) is 4.00. The summed E-state index contributed by atoms with van der Waals surface area (Å²) in [4.78, 5) is 4.44. The molecule has 0 bridgehead atoms. The predicted molar refractivity (Wildman–Crippen MR) is 60.1 cm³/mol. The topological polar surface area (TPSA) is 38.9 Å². The van der Waals surface area contributed by atoms with Crippen molar-refractivity contribution in [3.05, 3.63) is 9.61 Å². The first-order chi connectivity index (χ1) is 6.27. The smallest absolute Gasteiger partial charge is 0.161 e. The highest BCUT2D eigenvalue weighted by Crippen LogP contribution is 2.38. The molecule has 0 aromatic carbocycles. The summed E-state index contributed by atoms with van der Waals surface area (Å²) in [7, 11) is 0. The Morgan fingerprint density at radius 2 is 2.00 bits per heavy atom. The molecule has 1 saturated carbocycles. The highest BCUT2D eigenvalue weighted by atomic mass is 79.9. The molecule has 0 spiro atoms. The molecule has 2 N–H and O–H groups in total. The Bertz CT molecular complexity index is 292. The van der Waals surface area contributed by atoms with Crippen LogP contribution in [-0.2, 0) is 0 Å². The Morgan fingerprint density at radius 1 is 1.31 bits per heavy atom. The second-order valence-corrected chi connectivity index (χ2v) is 5.86. The molecule has 2 nitrogen and oxygen atoms in total. The van der Waals surface area contributed by atoms with Gasteiger partial charge in [-0.05, 0) is 28.8 Å². The highest BCUT2D eigenvalue weighted by molar-refractivity contribution is 9.11. The van der Waals surface area contributed by atoms with Crippen molar-refractivity contribution >= 4 is 32.3 Å². The summed E-state index contributed by atoms with van der Waals surface area (Å²) in [6.07, 6.45) is 6.57. The van der Waals surface area contributed by atoms with Crippen LogP contribution >= 0.6 is 27.3 Å². The first-order valence-corrected chi connectivity index (χ1v) is 6.30. The molecule has 1 aromatic rings. The van der Waals surface area contributed by atoms with Crippen LogP contribution in [0.25, 0.3) is 0 Å².